The fourth-order valence-corrected chi connectivity index (χ4v) is 2.47. The zero-order valence-electron chi connectivity index (χ0n) is 10.8. The molecule has 1 unspecified atom stereocenters. The number of hydrogen-bond acceptors (Lipinski definition) is 3. The average Bonchev–Trinajstić information content (AvgIpc) is 2.81. The molecule has 1 saturated heterocycles. The Morgan fingerprint density at radius 1 is 1.35 bits per heavy atom. The Bertz CT molecular complexity index is 370. The van der Waals surface area contributed by atoms with Gasteiger partial charge in [-0.3, -0.25) is 0 Å². The molecule has 0 aliphatic carbocycles. The van der Waals surface area contributed by atoms with Gasteiger partial charge >= 0.3 is 0 Å². The molecule has 1 aliphatic rings. The van der Waals surface area contributed by atoms with Crippen molar-refractivity contribution in [2.45, 2.75) is 32.2 Å². The second kappa shape index (κ2) is 5.41. The molecule has 1 atom stereocenters. The van der Waals surface area contributed by atoms with Gasteiger partial charge in [-0.2, -0.15) is 0 Å². The van der Waals surface area contributed by atoms with Crippen molar-refractivity contribution >= 4 is 5.69 Å². The van der Waals surface area contributed by atoms with Crippen LogP contribution in [0.3, 0.4) is 0 Å². The van der Waals surface area contributed by atoms with E-state index in [0.29, 0.717) is 0 Å². The second-order valence-corrected chi connectivity index (χ2v) is 4.87. The number of nitrogens with two attached hydrogens (primary N) is 1. The van der Waals surface area contributed by atoms with Crippen molar-refractivity contribution in [3.8, 4) is 5.75 Å². The molecular weight excluding hydrogens is 212 g/mol. The third-order valence-corrected chi connectivity index (χ3v) is 3.28. The molecule has 0 aromatic heterocycles. The van der Waals surface area contributed by atoms with Crippen LogP contribution in [0.5, 0.6) is 5.75 Å². The van der Waals surface area contributed by atoms with E-state index in [1.807, 2.05) is 13.0 Å². The summed E-state index contributed by atoms with van der Waals surface area (Å²) < 4.78 is 5.29. The summed E-state index contributed by atoms with van der Waals surface area (Å²) in [6.45, 7) is 4.38. The lowest BCUT2D eigenvalue weighted by Crippen LogP contribution is -2.23. The predicted octanol–water partition coefficient (Wildman–Crippen LogP) is 2.19. The quantitative estimate of drug-likeness (QED) is 0.868. The molecule has 1 aromatic carbocycles. The van der Waals surface area contributed by atoms with Crippen molar-refractivity contribution in [3.05, 3.63) is 23.8 Å². The van der Waals surface area contributed by atoms with Gasteiger partial charge in [-0.15, -0.1) is 0 Å². The van der Waals surface area contributed by atoms with Crippen LogP contribution in [0.15, 0.2) is 18.2 Å². The SMILES string of the molecule is COc1ccc(N2CCCC2)c(CC(C)N)c1. The summed E-state index contributed by atoms with van der Waals surface area (Å²) in [4.78, 5) is 2.46. The number of ether oxygens (including phenoxy) is 1. The first-order valence-electron chi connectivity index (χ1n) is 6.38. The van der Waals surface area contributed by atoms with E-state index in [-0.39, 0.29) is 6.04 Å². The maximum Gasteiger partial charge on any atom is 0.119 e. The summed E-state index contributed by atoms with van der Waals surface area (Å²) in [6.07, 6.45) is 3.50. The van der Waals surface area contributed by atoms with Gasteiger partial charge in [0.15, 0.2) is 0 Å². The van der Waals surface area contributed by atoms with Gasteiger partial charge in [-0.25, -0.2) is 0 Å². The summed E-state index contributed by atoms with van der Waals surface area (Å²) in [7, 11) is 1.71. The Morgan fingerprint density at radius 3 is 2.65 bits per heavy atom. The highest BCUT2D eigenvalue weighted by atomic mass is 16.5. The van der Waals surface area contributed by atoms with Gasteiger partial charge in [0.1, 0.15) is 5.75 Å². The summed E-state index contributed by atoms with van der Waals surface area (Å²) in [5.74, 6) is 0.920. The average molecular weight is 234 g/mol. The van der Waals surface area contributed by atoms with Gasteiger partial charge in [0.2, 0.25) is 0 Å². The van der Waals surface area contributed by atoms with Crippen molar-refractivity contribution < 1.29 is 4.74 Å². The van der Waals surface area contributed by atoms with Gasteiger partial charge in [0.25, 0.3) is 0 Å². The van der Waals surface area contributed by atoms with E-state index in [1.54, 1.807) is 7.11 Å². The first kappa shape index (κ1) is 12.2. The van der Waals surface area contributed by atoms with Gasteiger partial charge in [0.05, 0.1) is 7.11 Å². The molecule has 0 bridgehead atoms. The van der Waals surface area contributed by atoms with Crippen LogP contribution in [0.1, 0.15) is 25.3 Å². The summed E-state index contributed by atoms with van der Waals surface area (Å²) in [5, 5.41) is 0. The lowest BCUT2D eigenvalue weighted by Gasteiger charge is -2.22. The van der Waals surface area contributed by atoms with Crippen molar-refractivity contribution in [3.63, 3.8) is 0 Å². The molecular formula is C14H22N2O. The van der Waals surface area contributed by atoms with Gasteiger partial charge in [-0.1, -0.05) is 0 Å². The Labute approximate surface area is 104 Å². The fraction of sp³-hybridized carbons (Fsp3) is 0.571. The minimum atomic E-state index is 0.184. The van der Waals surface area contributed by atoms with Crippen LogP contribution in [0.4, 0.5) is 5.69 Å². The third-order valence-electron chi connectivity index (χ3n) is 3.28. The summed E-state index contributed by atoms with van der Waals surface area (Å²) in [6, 6.07) is 6.51. The Morgan fingerprint density at radius 2 is 2.06 bits per heavy atom. The Hall–Kier alpha value is -1.22. The number of hydrogen-bond donors (Lipinski definition) is 1. The molecule has 0 amide bonds. The van der Waals surface area contributed by atoms with E-state index in [1.165, 1.54) is 24.1 Å². The fourth-order valence-electron chi connectivity index (χ4n) is 2.47. The molecule has 3 heteroatoms. The van der Waals surface area contributed by atoms with Crippen LogP contribution in [-0.2, 0) is 6.42 Å². The number of methoxy groups -OCH3 is 1. The molecule has 3 nitrogen and oxygen atoms in total. The Kier molecular flexibility index (Phi) is 3.89. The van der Waals surface area contributed by atoms with E-state index < -0.39 is 0 Å². The molecule has 1 heterocycles. The van der Waals surface area contributed by atoms with E-state index >= 15 is 0 Å². The van der Waals surface area contributed by atoms with Crippen LogP contribution in [0.2, 0.25) is 0 Å². The Balaban J connectivity index is 2.28. The molecule has 0 saturated carbocycles. The van der Waals surface area contributed by atoms with Crippen LogP contribution in [0.25, 0.3) is 0 Å². The number of anilines is 1. The topological polar surface area (TPSA) is 38.5 Å². The van der Waals surface area contributed by atoms with E-state index in [0.717, 1.165) is 25.3 Å². The second-order valence-electron chi connectivity index (χ2n) is 4.87. The van der Waals surface area contributed by atoms with Gasteiger partial charge in [-0.05, 0) is 49.9 Å². The van der Waals surface area contributed by atoms with Crippen molar-refractivity contribution in [1.29, 1.82) is 0 Å². The molecule has 1 aromatic rings. The smallest absolute Gasteiger partial charge is 0.119 e. The molecule has 1 aliphatic heterocycles. The molecule has 94 valence electrons. The minimum Gasteiger partial charge on any atom is -0.497 e. The number of rotatable bonds is 4. The van der Waals surface area contributed by atoms with Crippen LogP contribution >= 0.6 is 0 Å². The van der Waals surface area contributed by atoms with Gasteiger partial charge in [0, 0.05) is 24.8 Å². The molecule has 17 heavy (non-hydrogen) atoms. The van der Waals surface area contributed by atoms with E-state index in [2.05, 4.69) is 17.0 Å². The van der Waals surface area contributed by atoms with Gasteiger partial charge < -0.3 is 15.4 Å². The summed E-state index contributed by atoms with van der Waals surface area (Å²) in [5.41, 5.74) is 8.56. The highest BCUT2D eigenvalue weighted by Gasteiger charge is 2.16. The van der Waals surface area contributed by atoms with Crippen molar-refractivity contribution in [1.82, 2.24) is 0 Å². The van der Waals surface area contributed by atoms with Crippen molar-refractivity contribution in [2.75, 3.05) is 25.1 Å². The molecule has 0 spiro atoms. The standard InChI is InChI=1S/C14H22N2O/c1-11(15)9-12-10-13(17-2)5-6-14(12)16-7-3-4-8-16/h5-6,10-11H,3-4,7-9,15H2,1-2H3. The summed E-state index contributed by atoms with van der Waals surface area (Å²) >= 11 is 0. The normalized spacial score (nSPS) is 17.2. The largest absolute Gasteiger partial charge is 0.497 e. The first-order valence-corrected chi connectivity index (χ1v) is 6.38. The highest BCUT2D eigenvalue weighted by Crippen LogP contribution is 2.29. The maximum atomic E-state index is 5.92. The number of benzene rings is 1. The molecule has 2 rings (SSSR count). The molecule has 1 fully saturated rings. The monoisotopic (exact) mass is 234 g/mol. The first-order chi connectivity index (χ1) is 8.20. The van der Waals surface area contributed by atoms with E-state index in [9.17, 15) is 0 Å². The van der Waals surface area contributed by atoms with Crippen LogP contribution in [0, 0.1) is 0 Å². The van der Waals surface area contributed by atoms with E-state index in [4.69, 9.17) is 10.5 Å². The maximum absolute atomic E-state index is 5.92. The zero-order valence-corrected chi connectivity index (χ0v) is 10.8. The minimum absolute atomic E-state index is 0.184. The van der Waals surface area contributed by atoms with Crippen LogP contribution < -0.4 is 15.4 Å². The van der Waals surface area contributed by atoms with Crippen LogP contribution in [-0.4, -0.2) is 26.2 Å². The highest BCUT2D eigenvalue weighted by molar-refractivity contribution is 5.57. The molecule has 2 N–H and O–H groups in total. The lowest BCUT2D eigenvalue weighted by atomic mass is 10.0. The predicted molar refractivity (Wildman–Crippen MR) is 71.8 cm³/mol. The zero-order chi connectivity index (χ0) is 12.3. The lowest BCUT2D eigenvalue weighted by molar-refractivity contribution is 0.414. The number of nitrogens with zero attached hydrogens (tertiary/aromatic N) is 1. The molecule has 0 radical (unpaired) electrons. The third kappa shape index (κ3) is 2.91. The van der Waals surface area contributed by atoms with Crippen molar-refractivity contribution in [2.24, 2.45) is 5.73 Å².